The van der Waals surface area contributed by atoms with Gasteiger partial charge < -0.3 is 19.4 Å². The second-order valence-corrected chi connectivity index (χ2v) is 8.54. The van der Waals surface area contributed by atoms with Crippen molar-refractivity contribution in [2.75, 3.05) is 20.8 Å². The number of ether oxygens (including phenoxy) is 2. The number of benzene rings is 2. The number of hydrogen-bond acceptors (Lipinski definition) is 4. The molecule has 0 atom stereocenters. The zero-order valence-electron chi connectivity index (χ0n) is 18.5. The van der Waals surface area contributed by atoms with Crippen molar-refractivity contribution in [3.05, 3.63) is 82.9 Å². The van der Waals surface area contributed by atoms with E-state index in [1.54, 1.807) is 25.6 Å². The third-order valence-corrected chi connectivity index (χ3v) is 6.52. The maximum absolute atomic E-state index is 13.0. The summed E-state index contributed by atoms with van der Waals surface area (Å²) in [5.41, 5.74) is 3.14. The number of methoxy groups -OCH3 is 2. The highest BCUT2D eigenvalue weighted by Gasteiger charge is 2.16. The molecule has 0 aliphatic carbocycles. The molecule has 0 spiro atoms. The molecule has 0 fully saturated rings. The van der Waals surface area contributed by atoms with E-state index >= 15 is 0 Å². The lowest BCUT2D eigenvalue weighted by molar-refractivity contribution is 0.0945. The van der Waals surface area contributed by atoms with Crippen LogP contribution in [-0.4, -0.2) is 31.2 Å². The van der Waals surface area contributed by atoms with Crippen LogP contribution in [0.15, 0.2) is 66.0 Å². The molecule has 0 saturated heterocycles. The smallest absolute Gasteiger partial charge is 0.267 e. The van der Waals surface area contributed by atoms with Crippen molar-refractivity contribution in [1.82, 2.24) is 9.88 Å². The fourth-order valence-corrected chi connectivity index (χ4v) is 4.84. The van der Waals surface area contributed by atoms with Crippen molar-refractivity contribution < 1.29 is 14.3 Å². The van der Waals surface area contributed by atoms with E-state index in [1.807, 2.05) is 30.3 Å². The summed E-state index contributed by atoms with van der Waals surface area (Å²) in [6.07, 6.45) is 2.69. The van der Waals surface area contributed by atoms with Gasteiger partial charge in [0.2, 0.25) is 0 Å². The van der Waals surface area contributed by atoms with Crippen LogP contribution >= 0.6 is 11.3 Å². The molecule has 6 heteroatoms. The number of nitrogens with one attached hydrogen (secondary N) is 1. The monoisotopic (exact) mass is 448 g/mol. The van der Waals surface area contributed by atoms with Crippen molar-refractivity contribution in [3.8, 4) is 11.5 Å². The van der Waals surface area contributed by atoms with Gasteiger partial charge in [0.05, 0.1) is 14.2 Å². The predicted molar refractivity (Wildman–Crippen MR) is 130 cm³/mol. The minimum Gasteiger partial charge on any atom is -0.493 e. The fraction of sp³-hybridized carbons (Fsp3) is 0.269. The number of aryl methyl sites for hydroxylation is 2. The van der Waals surface area contributed by atoms with Gasteiger partial charge in [-0.2, -0.15) is 0 Å². The van der Waals surface area contributed by atoms with Crippen molar-refractivity contribution in [2.45, 2.75) is 25.8 Å². The van der Waals surface area contributed by atoms with Crippen LogP contribution in [0.4, 0.5) is 0 Å². The Bertz CT molecular complexity index is 1180. The molecule has 32 heavy (non-hydrogen) atoms. The topological polar surface area (TPSA) is 52.5 Å². The molecule has 5 nitrogen and oxygen atoms in total. The second-order valence-electron chi connectivity index (χ2n) is 7.65. The largest absolute Gasteiger partial charge is 0.493 e. The number of hydrogen-bond donors (Lipinski definition) is 1. The fourth-order valence-electron chi connectivity index (χ4n) is 3.92. The minimum absolute atomic E-state index is 0.0337. The van der Waals surface area contributed by atoms with Crippen molar-refractivity contribution >= 4 is 27.5 Å². The zero-order chi connectivity index (χ0) is 22.3. The molecule has 0 bridgehead atoms. The molecule has 4 aromatic rings. The predicted octanol–water partition coefficient (Wildman–Crippen LogP) is 5.33. The van der Waals surface area contributed by atoms with Crippen LogP contribution in [0.25, 0.3) is 10.2 Å². The van der Waals surface area contributed by atoms with Gasteiger partial charge in [-0.1, -0.05) is 36.4 Å². The average Bonchev–Trinajstić information content (AvgIpc) is 3.42. The second kappa shape index (κ2) is 10.4. The maximum atomic E-state index is 13.0. The zero-order valence-corrected chi connectivity index (χ0v) is 19.3. The summed E-state index contributed by atoms with van der Waals surface area (Å²) in [7, 11) is 3.25. The van der Waals surface area contributed by atoms with E-state index in [0.717, 1.165) is 47.3 Å². The quantitative estimate of drug-likeness (QED) is 0.357. The Morgan fingerprint density at radius 1 is 0.938 bits per heavy atom. The summed E-state index contributed by atoms with van der Waals surface area (Å²) in [5.74, 6) is 1.37. The van der Waals surface area contributed by atoms with E-state index in [-0.39, 0.29) is 5.91 Å². The molecular weight excluding hydrogens is 420 g/mol. The Balaban J connectivity index is 1.40. The Labute approximate surface area is 192 Å². The van der Waals surface area contributed by atoms with E-state index in [4.69, 9.17) is 9.47 Å². The van der Waals surface area contributed by atoms with Crippen molar-refractivity contribution in [1.29, 1.82) is 0 Å². The van der Waals surface area contributed by atoms with Crippen LogP contribution in [0.5, 0.6) is 11.5 Å². The SMILES string of the molecule is COc1ccc(CCNC(=O)c2cc3ccsc3n2CCCc2ccccc2)cc1OC. The summed E-state index contributed by atoms with van der Waals surface area (Å²) in [6.45, 7) is 1.37. The van der Waals surface area contributed by atoms with Gasteiger partial charge in [-0.15, -0.1) is 11.3 Å². The van der Waals surface area contributed by atoms with Crippen LogP contribution in [-0.2, 0) is 19.4 Å². The lowest BCUT2D eigenvalue weighted by Gasteiger charge is -2.12. The number of rotatable bonds is 10. The Kier molecular flexibility index (Phi) is 7.12. The summed E-state index contributed by atoms with van der Waals surface area (Å²) in [5, 5.41) is 6.29. The first kappa shape index (κ1) is 22.0. The third kappa shape index (κ3) is 4.97. The molecule has 1 N–H and O–H groups in total. The van der Waals surface area contributed by atoms with Gasteiger partial charge >= 0.3 is 0 Å². The molecule has 2 aromatic carbocycles. The van der Waals surface area contributed by atoms with Crippen LogP contribution in [0.3, 0.4) is 0 Å². The van der Waals surface area contributed by atoms with Gasteiger partial charge in [0.25, 0.3) is 5.91 Å². The van der Waals surface area contributed by atoms with Gasteiger partial charge in [-0.3, -0.25) is 4.79 Å². The highest BCUT2D eigenvalue weighted by molar-refractivity contribution is 7.16. The highest BCUT2D eigenvalue weighted by atomic mass is 32.1. The van der Waals surface area contributed by atoms with Crippen LogP contribution in [0.1, 0.15) is 28.0 Å². The molecule has 0 saturated carbocycles. The van der Waals surface area contributed by atoms with Gasteiger partial charge in [0.1, 0.15) is 10.5 Å². The lowest BCUT2D eigenvalue weighted by Crippen LogP contribution is -2.28. The van der Waals surface area contributed by atoms with E-state index in [0.29, 0.717) is 18.0 Å². The number of carbonyl (C=O) groups is 1. The van der Waals surface area contributed by atoms with E-state index in [1.165, 1.54) is 5.56 Å². The molecule has 0 radical (unpaired) electrons. The number of carbonyl (C=O) groups excluding carboxylic acids is 1. The van der Waals surface area contributed by atoms with E-state index in [2.05, 4.69) is 45.6 Å². The molecule has 2 aromatic heterocycles. The first-order valence-corrected chi connectivity index (χ1v) is 11.7. The number of fused-ring (bicyclic) bond motifs is 1. The molecule has 2 heterocycles. The summed E-state index contributed by atoms with van der Waals surface area (Å²) >= 11 is 1.68. The highest BCUT2D eigenvalue weighted by Crippen LogP contribution is 2.28. The molecule has 4 rings (SSSR count). The van der Waals surface area contributed by atoms with Crippen molar-refractivity contribution in [3.63, 3.8) is 0 Å². The first-order chi connectivity index (χ1) is 15.7. The Morgan fingerprint density at radius 2 is 1.75 bits per heavy atom. The first-order valence-electron chi connectivity index (χ1n) is 10.8. The van der Waals surface area contributed by atoms with Gasteiger partial charge in [0, 0.05) is 18.5 Å². The van der Waals surface area contributed by atoms with Gasteiger partial charge in [0.15, 0.2) is 11.5 Å². The molecule has 0 aliphatic rings. The Hall–Kier alpha value is -3.25. The van der Waals surface area contributed by atoms with Gasteiger partial charge in [-0.25, -0.2) is 0 Å². The maximum Gasteiger partial charge on any atom is 0.267 e. The summed E-state index contributed by atoms with van der Waals surface area (Å²) in [6, 6.07) is 20.4. The number of amides is 1. The number of nitrogens with zero attached hydrogens (tertiary/aromatic N) is 1. The van der Waals surface area contributed by atoms with Crippen LogP contribution < -0.4 is 14.8 Å². The minimum atomic E-state index is -0.0337. The van der Waals surface area contributed by atoms with E-state index < -0.39 is 0 Å². The van der Waals surface area contributed by atoms with E-state index in [9.17, 15) is 4.79 Å². The number of thiophene rings is 1. The van der Waals surface area contributed by atoms with Crippen LogP contribution in [0, 0.1) is 0 Å². The Morgan fingerprint density at radius 3 is 2.53 bits per heavy atom. The third-order valence-electron chi connectivity index (χ3n) is 5.57. The standard InChI is InChI=1S/C26H28N2O3S/c1-30-23-11-10-20(17-24(23)31-2)12-14-27-25(29)22-18-21-13-16-32-26(21)28(22)15-6-9-19-7-4-3-5-8-19/h3-5,7-8,10-11,13,16-18H,6,9,12,14-15H2,1-2H3,(H,27,29). The molecule has 0 aliphatic heterocycles. The summed E-state index contributed by atoms with van der Waals surface area (Å²) in [4.78, 5) is 14.2. The number of aromatic nitrogens is 1. The normalized spacial score (nSPS) is 10.9. The average molecular weight is 449 g/mol. The summed E-state index contributed by atoms with van der Waals surface area (Å²) < 4.78 is 12.8. The molecule has 166 valence electrons. The van der Waals surface area contributed by atoms with Gasteiger partial charge in [-0.05, 0) is 60.0 Å². The molecular formula is C26H28N2O3S. The molecule has 0 unspecified atom stereocenters. The molecule has 1 amide bonds. The lowest BCUT2D eigenvalue weighted by atomic mass is 10.1. The van der Waals surface area contributed by atoms with Crippen molar-refractivity contribution in [2.24, 2.45) is 0 Å². The van der Waals surface area contributed by atoms with Crippen LogP contribution in [0.2, 0.25) is 0 Å².